The van der Waals surface area contributed by atoms with Crippen molar-refractivity contribution in [2.75, 3.05) is 26.8 Å². The zero-order valence-corrected chi connectivity index (χ0v) is 18.3. The van der Waals surface area contributed by atoms with Crippen LogP contribution in [0.1, 0.15) is 24.5 Å². The Bertz CT molecular complexity index is 1300. The van der Waals surface area contributed by atoms with Crippen molar-refractivity contribution in [3.63, 3.8) is 0 Å². The minimum Gasteiger partial charge on any atom is -0.497 e. The fraction of sp³-hybridized carbons (Fsp3) is 0.391. The summed E-state index contributed by atoms with van der Waals surface area (Å²) in [5.41, 5.74) is 2.91. The number of hydrogen-bond donors (Lipinski definition) is 0. The van der Waals surface area contributed by atoms with Gasteiger partial charge in [0.2, 0.25) is 0 Å². The van der Waals surface area contributed by atoms with E-state index < -0.39 is 0 Å². The second-order valence-electron chi connectivity index (χ2n) is 8.06. The summed E-state index contributed by atoms with van der Waals surface area (Å²) < 4.78 is 14.0. The van der Waals surface area contributed by atoms with Crippen molar-refractivity contribution in [3.8, 4) is 5.75 Å². The molecule has 1 aromatic carbocycles. The van der Waals surface area contributed by atoms with Crippen molar-refractivity contribution in [1.29, 1.82) is 0 Å². The molecule has 1 saturated heterocycles. The van der Waals surface area contributed by atoms with Crippen LogP contribution in [0.3, 0.4) is 0 Å². The van der Waals surface area contributed by atoms with Gasteiger partial charge in [0.15, 0.2) is 5.65 Å². The largest absolute Gasteiger partial charge is 0.497 e. The van der Waals surface area contributed by atoms with Gasteiger partial charge in [-0.2, -0.15) is 9.61 Å². The van der Waals surface area contributed by atoms with E-state index in [4.69, 9.17) is 14.5 Å². The Labute approximate surface area is 185 Å². The predicted molar refractivity (Wildman–Crippen MR) is 120 cm³/mol. The summed E-state index contributed by atoms with van der Waals surface area (Å²) in [6.07, 6.45) is 4.55. The molecule has 9 nitrogen and oxygen atoms in total. The molecule has 166 valence electrons. The van der Waals surface area contributed by atoms with Crippen molar-refractivity contribution in [2.45, 2.75) is 32.5 Å². The number of benzene rings is 1. The molecule has 0 radical (unpaired) electrons. The predicted octanol–water partition coefficient (Wildman–Crippen LogP) is 2.11. The van der Waals surface area contributed by atoms with Crippen molar-refractivity contribution in [2.24, 2.45) is 0 Å². The molecule has 4 heterocycles. The number of hydrogen-bond acceptors (Lipinski definition) is 7. The Balaban J connectivity index is 1.53. The molecule has 4 aromatic rings. The maximum absolute atomic E-state index is 13.1. The molecular formula is C23H26N6O3. The third-order valence-electron chi connectivity index (χ3n) is 5.96. The van der Waals surface area contributed by atoms with Crippen LogP contribution in [0.25, 0.3) is 16.7 Å². The molecule has 0 saturated carbocycles. The van der Waals surface area contributed by atoms with E-state index in [0.717, 1.165) is 54.9 Å². The first kappa shape index (κ1) is 20.6. The average molecular weight is 435 g/mol. The molecule has 0 amide bonds. The van der Waals surface area contributed by atoms with Crippen LogP contribution in [-0.4, -0.2) is 62.0 Å². The van der Waals surface area contributed by atoms with Gasteiger partial charge in [-0.15, -0.1) is 0 Å². The molecule has 1 aliphatic rings. The number of fused-ring (bicyclic) bond motifs is 3. The molecule has 1 atom stereocenters. The second-order valence-corrected chi connectivity index (χ2v) is 8.06. The lowest BCUT2D eigenvalue weighted by Crippen LogP contribution is -2.41. The smallest absolute Gasteiger partial charge is 0.352 e. The minimum absolute atomic E-state index is 0.264. The third kappa shape index (κ3) is 3.85. The summed E-state index contributed by atoms with van der Waals surface area (Å²) in [4.78, 5) is 24.6. The van der Waals surface area contributed by atoms with Gasteiger partial charge in [-0.05, 0) is 35.7 Å². The lowest BCUT2D eigenvalue weighted by atomic mass is 10.1. The van der Waals surface area contributed by atoms with Gasteiger partial charge >= 0.3 is 5.69 Å². The molecule has 1 aliphatic heterocycles. The van der Waals surface area contributed by atoms with Crippen LogP contribution in [0, 0.1) is 0 Å². The average Bonchev–Trinajstić information content (AvgIpc) is 3.33. The summed E-state index contributed by atoms with van der Waals surface area (Å²) in [6.45, 7) is 5.85. The summed E-state index contributed by atoms with van der Waals surface area (Å²) in [5.74, 6) is 0.772. The van der Waals surface area contributed by atoms with Gasteiger partial charge < -0.3 is 9.47 Å². The standard InChI is InChI=1S/C23H26N6O3/c1-3-18-14-27(8-9-32-18)12-17-10-20-21(24-11-17)28(23(30)29-22(20)25-15-26-29)13-16-4-6-19(31-2)7-5-16/h4-7,10-11,15,18H,3,8-9,12-14H2,1-2H3. The van der Waals surface area contributed by atoms with E-state index >= 15 is 0 Å². The Hall–Kier alpha value is -3.30. The van der Waals surface area contributed by atoms with Crippen LogP contribution in [0.4, 0.5) is 0 Å². The van der Waals surface area contributed by atoms with E-state index in [9.17, 15) is 4.79 Å². The minimum atomic E-state index is -0.264. The van der Waals surface area contributed by atoms with E-state index in [0.29, 0.717) is 17.8 Å². The van der Waals surface area contributed by atoms with E-state index in [1.165, 1.54) is 10.8 Å². The third-order valence-corrected chi connectivity index (χ3v) is 5.96. The summed E-state index contributed by atoms with van der Waals surface area (Å²) in [6, 6.07) is 9.73. The lowest BCUT2D eigenvalue weighted by molar-refractivity contribution is -0.0324. The Morgan fingerprint density at radius 3 is 2.75 bits per heavy atom. The lowest BCUT2D eigenvalue weighted by Gasteiger charge is -2.32. The zero-order chi connectivity index (χ0) is 22.1. The fourth-order valence-corrected chi connectivity index (χ4v) is 4.22. The number of nitrogens with zero attached hydrogens (tertiary/aromatic N) is 6. The summed E-state index contributed by atoms with van der Waals surface area (Å²) >= 11 is 0. The Morgan fingerprint density at radius 1 is 1.12 bits per heavy atom. The normalized spacial score (nSPS) is 17.2. The van der Waals surface area contributed by atoms with Gasteiger partial charge in [-0.1, -0.05) is 19.1 Å². The van der Waals surface area contributed by atoms with Crippen LogP contribution in [0.5, 0.6) is 5.75 Å². The van der Waals surface area contributed by atoms with Crippen LogP contribution in [0.15, 0.2) is 47.7 Å². The van der Waals surface area contributed by atoms with Crippen LogP contribution in [-0.2, 0) is 17.8 Å². The topological polar surface area (TPSA) is 86.8 Å². The zero-order valence-electron chi connectivity index (χ0n) is 18.3. The van der Waals surface area contributed by atoms with Gasteiger partial charge in [0.25, 0.3) is 0 Å². The molecule has 5 rings (SSSR count). The van der Waals surface area contributed by atoms with Crippen LogP contribution >= 0.6 is 0 Å². The SMILES string of the molecule is CCC1CN(Cc2cnc3c(c2)c2ncnn2c(=O)n3Cc2ccc(OC)cc2)CCO1. The van der Waals surface area contributed by atoms with Crippen molar-refractivity contribution in [3.05, 3.63) is 64.5 Å². The summed E-state index contributed by atoms with van der Waals surface area (Å²) in [5, 5.41) is 4.98. The number of aromatic nitrogens is 5. The van der Waals surface area contributed by atoms with Gasteiger partial charge in [0.05, 0.1) is 31.8 Å². The quantitative estimate of drug-likeness (QED) is 0.459. The monoisotopic (exact) mass is 434 g/mol. The molecular weight excluding hydrogens is 408 g/mol. The second kappa shape index (κ2) is 8.68. The van der Waals surface area contributed by atoms with E-state index in [2.05, 4.69) is 28.0 Å². The number of pyridine rings is 1. The van der Waals surface area contributed by atoms with Gasteiger partial charge in [0.1, 0.15) is 17.7 Å². The Morgan fingerprint density at radius 2 is 1.97 bits per heavy atom. The molecule has 0 spiro atoms. The number of methoxy groups -OCH3 is 1. The van der Waals surface area contributed by atoms with Crippen LogP contribution in [0.2, 0.25) is 0 Å². The van der Waals surface area contributed by atoms with Gasteiger partial charge in [-0.25, -0.2) is 14.8 Å². The highest BCUT2D eigenvalue weighted by Gasteiger charge is 2.20. The van der Waals surface area contributed by atoms with Crippen LogP contribution < -0.4 is 10.4 Å². The fourth-order valence-electron chi connectivity index (χ4n) is 4.22. The Kier molecular flexibility index (Phi) is 5.59. The van der Waals surface area contributed by atoms with Crippen molar-refractivity contribution in [1.82, 2.24) is 29.0 Å². The molecule has 1 unspecified atom stereocenters. The molecule has 0 aliphatic carbocycles. The molecule has 3 aromatic heterocycles. The molecule has 1 fully saturated rings. The number of morpholine rings is 1. The highest BCUT2D eigenvalue weighted by molar-refractivity contribution is 5.89. The first-order valence-corrected chi connectivity index (χ1v) is 10.8. The molecule has 32 heavy (non-hydrogen) atoms. The highest BCUT2D eigenvalue weighted by Crippen LogP contribution is 2.20. The number of ether oxygens (including phenoxy) is 2. The molecule has 9 heteroatoms. The maximum Gasteiger partial charge on any atom is 0.352 e. The van der Waals surface area contributed by atoms with Crippen molar-refractivity contribution >= 4 is 16.7 Å². The van der Waals surface area contributed by atoms with E-state index in [1.54, 1.807) is 11.7 Å². The van der Waals surface area contributed by atoms with Gasteiger partial charge in [-0.3, -0.25) is 9.47 Å². The maximum atomic E-state index is 13.1. The summed E-state index contributed by atoms with van der Waals surface area (Å²) in [7, 11) is 1.63. The highest BCUT2D eigenvalue weighted by atomic mass is 16.5. The van der Waals surface area contributed by atoms with Crippen molar-refractivity contribution < 1.29 is 9.47 Å². The first-order valence-electron chi connectivity index (χ1n) is 10.8. The van der Waals surface area contributed by atoms with Gasteiger partial charge in [0, 0.05) is 25.8 Å². The number of rotatable bonds is 6. The molecule has 0 N–H and O–H groups in total. The van der Waals surface area contributed by atoms with E-state index in [-0.39, 0.29) is 11.8 Å². The molecule has 0 bridgehead atoms. The first-order chi connectivity index (χ1) is 15.7. The van der Waals surface area contributed by atoms with E-state index in [1.807, 2.05) is 30.5 Å².